The van der Waals surface area contributed by atoms with Crippen molar-refractivity contribution in [2.45, 2.75) is 17.7 Å². The molecule has 2 aliphatic heterocycles. The molecule has 1 aromatic rings. The molecule has 3 rings (SSSR count). The van der Waals surface area contributed by atoms with Crippen LogP contribution in [0.2, 0.25) is 0 Å². The van der Waals surface area contributed by atoms with Crippen molar-refractivity contribution in [2.24, 2.45) is 5.14 Å². The van der Waals surface area contributed by atoms with Crippen LogP contribution in [0.3, 0.4) is 0 Å². The summed E-state index contributed by atoms with van der Waals surface area (Å²) in [5.41, 5.74) is 0.193. The van der Waals surface area contributed by atoms with Gasteiger partial charge in [-0.15, -0.1) is 0 Å². The summed E-state index contributed by atoms with van der Waals surface area (Å²) >= 11 is 0. The highest BCUT2D eigenvalue weighted by Crippen LogP contribution is 2.37. The van der Waals surface area contributed by atoms with Gasteiger partial charge in [0.2, 0.25) is 10.0 Å². The summed E-state index contributed by atoms with van der Waals surface area (Å²) in [6.45, 7) is 1.95. The first-order chi connectivity index (χ1) is 9.97. The Morgan fingerprint density at radius 3 is 2.48 bits per heavy atom. The van der Waals surface area contributed by atoms with Gasteiger partial charge in [-0.25, -0.2) is 13.6 Å². The Labute approximate surface area is 122 Å². The van der Waals surface area contributed by atoms with Crippen LogP contribution in [0, 0.1) is 0 Å². The molecule has 1 aromatic carbocycles. The molecule has 0 bridgehead atoms. The zero-order chi connectivity index (χ0) is 15.0. The van der Waals surface area contributed by atoms with Gasteiger partial charge in [-0.3, -0.25) is 4.79 Å². The molecule has 21 heavy (non-hydrogen) atoms. The second-order valence-corrected chi connectivity index (χ2v) is 6.60. The monoisotopic (exact) mass is 312 g/mol. The predicted octanol–water partition coefficient (Wildman–Crippen LogP) is 0.341. The Balaban J connectivity index is 2.10. The van der Waals surface area contributed by atoms with Gasteiger partial charge in [0.25, 0.3) is 5.91 Å². The number of hydrogen-bond acceptors (Lipinski definition) is 5. The Hall–Kier alpha value is -1.80. The minimum absolute atomic E-state index is 0.144. The number of rotatable bonds is 2. The summed E-state index contributed by atoms with van der Waals surface area (Å²) in [7, 11) is -3.92. The molecule has 0 aliphatic carbocycles. The highest BCUT2D eigenvalue weighted by atomic mass is 32.2. The van der Waals surface area contributed by atoms with E-state index in [1.165, 1.54) is 12.1 Å². The van der Waals surface area contributed by atoms with Crippen LogP contribution in [0.4, 0.5) is 0 Å². The number of carbonyl (C=O) groups excluding carboxylic acids is 1. The molecule has 1 amide bonds. The Morgan fingerprint density at radius 2 is 1.81 bits per heavy atom. The number of fused-ring (bicyclic) bond motifs is 1. The van der Waals surface area contributed by atoms with Crippen molar-refractivity contribution in [3.63, 3.8) is 0 Å². The lowest BCUT2D eigenvalue weighted by Crippen LogP contribution is -2.29. The van der Waals surface area contributed by atoms with E-state index < -0.39 is 10.0 Å². The lowest BCUT2D eigenvalue weighted by atomic mass is 10.1. The van der Waals surface area contributed by atoms with E-state index in [0.29, 0.717) is 32.1 Å². The lowest BCUT2D eigenvalue weighted by Gasteiger charge is -2.23. The second-order valence-electron chi connectivity index (χ2n) is 5.04. The SMILES string of the molecule is NS(=O)(=O)c1cc2c(c(C(=O)N3CCCC3)c1)OCCO2. The van der Waals surface area contributed by atoms with E-state index in [9.17, 15) is 13.2 Å². The third-order valence-corrected chi connectivity index (χ3v) is 4.46. The Bertz CT molecular complexity index is 680. The van der Waals surface area contributed by atoms with Gasteiger partial charge in [-0.1, -0.05) is 0 Å². The molecule has 8 heteroatoms. The van der Waals surface area contributed by atoms with E-state index in [2.05, 4.69) is 0 Å². The van der Waals surface area contributed by atoms with Crippen LogP contribution in [0.25, 0.3) is 0 Å². The molecule has 0 aromatic heterocycles. The van der Waals surface area contributed by atoms with Gasteiger partial charge < -0.3 is 14.4 Å². The maximum atomic E-state index is 12.6. The molecular weight excluding hydrogens is 296 g/mol. The summed E-state index contributed by atoms with van der Waals surface area (Å²) in [5.74, 6) is 0.292. The van der Waals surface area contributed by atoms with E-state index in [1.807, 2.05) is 0 Å². The van der Waals surface area contributed by atoms with Crippen LogP contribution in [0.5, 0.6) is 11.5 Å². The van der Waals surface area contributed by atoms with Gasteiger partial charge in [-0.2, -0.15) is 0 Å². The standard InChI is InChI=1S/C13H16N2O5S/c14-21(17,18)9-7-10(13(16)15-3-1-2-4-15)12-11(8-9)19-5-6-20-12/h7-8H,1-6H2,(H2,14,17,18). The summed E-state index contributed by atoms with van der Waals surface area (Å²) in [5, 5.41) is 5.16. The fourth-order valence-electron chi connectivity index (χ4n) is 2.54. The molecule has 0 spiro atoms. The predicted molar refractivity (Wildman–Crippen MR) is 73.9 cm³/mol. The van der Waals surface area contributed by atoms with Crippen molar-refractivity contribution >= 4 is 15.9 Å². The molecule has 0 unspecified atom stereocenters. The summed E-state index contributed by atoms with van der Waals surface area (Å²) in [6, 6.07) is 2.56. The third kappa shape index (κ3) is 2.68. The quantitative estimate of drug-likeness (QED) is 0.849. The second kappa shape index (κ2) is 5.19. The van der Waals surface area contributed by atoms with E-state index in [1.54, 1.807) is 4.90 Å². The molecule has 1 fully saturated rings. The first-order valence-electron chi connectivity index (χ1n) is 6.72. The van der Waals surface area contributed by atoms with E-state index in [0.717, 1.165) is 12.8 Å². The maximum Gasteiger partial charge on any atom is 0.257 e. The summed E-state index contributed by atoms with van der Waals surface area (Å²) in [6.07, 6.45) is 1.89. The molecule has 0 saturated carbocycles. The summed E-state index contributed by atoms with van der Waals surface area (Å²) in [4.78, 5) is 14.1. The van der Waals surface area contributed by atoms with Crippen molar-refractivity contribution in [3.8, 4) is 11.5 Å². The number of nitrogens with two attached hydrogens (primary N) is 1. The van der Waals surface area contributed by atoms with Crippen LogP contribution >= 0.6 is 0 Å². The number of carbonyl (C=O) groups is 1. The molecule has 2 N–H and O–H groups in total. The van der Waals surface area contributed by atoms with Crippen LogP contribution in [0.15, 0.2) is 17.0 Å². The number of ether oxygens (including phenoxy) is 2. The zero-order valence-corrected chi connectivity index (χ0v) is 12.2. The zero-order valence-electron chi connectivity index (χ0n) is 11.4. The molecular formula is C13H16N2O5S. The Morgan fingerprint density at radius 1 is 1.14 bits per heavy atom. The molecule has 2 heterocycles. The largest absolute Gasteiger partial charge is 0.486 e. The normalized spacial score (nSPS) is 17.9. The number of benzene rings is 1. The maximum absolute atomic E-state index is 12.6. The van der Waals surface area contributed by atoms with E-state index >= 15 is 0 Å². The number of sulfonamides is 1. The molecule has 114 valence electrons. The molecule has 7 nitrogen and oxygen atoms in total. The average molecular weight is 312 g/mol. The van der Waals surface area contributed by atoms with Gasteiger partial charge in [0.15, 0.2) is 11.5 Å². The van der Waals surface area contributed by atoms with Gasteiger partial charge >= 0.3 is 0 Å². The van der Waals surface area contributed by atoms with Crippen LogP contribution < -0.4 is 14.6 Å². The molecule has 1 saturated heterocycles. The molecule has 2 aliphatic rings. The lowest BCUT2D eigenvalue weighted by molar-refractivity contribution is 0.0781. The first-order valence-corrected chi connectivity index (χ1v) is 8.27. The van der Waals surface area contributed by atoms with Crippen LogP contribution in [-0.4, -0.2) is 45.5 Å². The van der Waals surface area contributed by atoms with Gasteiger partial charge in [0.05, 0.1) is 10.5 Å². The van der Waals surface area contributed by atoms with E-state index in [-0.39, 0.29) is 22.1 Å². The van der Waals surface area contributed by atoms with Crippen LogP contribution in [-0.2, 0) is 10.0 Å². The van der Waals surface area contributed by atoms with Gasteiger partial charge in [-0.05, 0) is 18.9 Å². The number of likely N-dealkylation sites (tertiary alicyclic amines) is 1. The van der Waals surface area contributed by atoms with Crippen molar-refractivity contribution in [3.05, 3.63) is 17.7 Å². The van der Waals surface area contributed by atoms with E-state index in [4.69, 9.17) is 14.6 Å². The first kappa shape index (κ1) is 14.2. The van der Waals surface area contributed by atoms with Crippen LogP contribution in [0.1, 0.15) is 23.2 Å². The van der Waals surface area contributed by atoms with Crippen molar-refractivity contribution < 1.29 is 22.7 Å². The minimum Gasteiger partial charge on any atom is -0.486 e. The minimum atomic E-state index is -3.92. The Kier molecular flexibility index (Phi) is 3.50. The fourth-order valence-corrected chi connectivity index (χ4v) is 3.10. The summed E-state index contributed by atoms with van der Waals surface area (Å²) < 4.78 is 34.0. The van der Waals surface area contributed by atoms with Gasteiger partial charge in [0.1, 0.15) is 13.2 Å². The van der Waals surface area contributed by atoms with Crippen molar-refractivity contribution in [1.29, 1.82) is 0 Å². The number of amides is 1. The smallest absolute Gasteiger partial charge is 0.257 e. The molecule has 0 radical (unpaired) electrons. The van der Waals surface area contributed by atoms with Crippen molar-refractivity contribution in [1.82, 2.24) is 4.90 Å². The fraction of sp³-hybridized carbons (Fsp3) is 0.462. The average Bonchev–Trinajstić information content (AvgIpc) is 2.98. The highest BCUT2D eigenvalue weighted by molar-refractivity contribution is 7.89. The number of primary sulfonamides is 1. The van der Waals surface area contributed by atoms with Crippen molar-refractivity contribution in [2.75, 3.05) is 26.3 Å². The topological polar surface area (TPSA) is 98.9 Å². The number of hydrogen-bond donors (Lipinski definition) is 1. The molecule has 0 atom stereocenters. The third-order valence-electron chi connectivity index (χ3n) is 3.57. The highest BCUT2D eigenvalue weighted by Gasteiger charge is 2.28. The van der Waals surface area contributed by atoms with Gasteiger partial charge in [0, 0.05) is 19.2 Å². The number of nitrogens with zero attached hydrogens (tertiary/aromatic N) is 1.